The molecular formula is C15H13N3O2. The number of aromatic nitrogens is 2. The van der Waals surface area contributed by atoms with Crippen LogP contribution >= 0.6 is 0 Å². The summed E-state index contributed by atoms with van der Waals surface area (Å²) in [5.41, 5.74) is 8.39. The first-order valence-electron chi connectivity index (χ1n) is 6.15. The summed E-state index contributed by atoms with van der Waals surface area (Å²) < 4.78 is 1.66. The van der Waals surface area contributed by atoms with Crippen LogP contribution in [0.3, 0.4) is 0 Å². The Hall–Kier alpha value is -2.82. The number of fused-ring (bicyclic) bond motifs is 1. The fourth-order valence-electron chi connectivity index (χ4n) is 2.30. The van der Waals surface area contributed by atoms with E-state index >= 15 is 0 Å². The average molecular weight is 267 g/mol. The number of nitrogens with two attached hydrogens (primary N) is 1. The Bertz CT molecular complexity index is 821. The molecule has 2 aromatic heterocycles. The molecule has 0 fully saturated rings. The molecule has 0 spiro atoms. The fraction of sp³-hybridized carbons (Fsp3) is 0.0667. The molecule has 20 heavy (non-hydrogen) atoms. The molecular weight excluding hydrogens is 254 g/mol. The largest absolute Gasteiger partial charge is 0.476 e. The molecule has 0 saturated carbocycles. The Morgan fingerprint density at radius 2 is 2.00 bits per heavy atom. The van der Waals surface area contributed by atoms with Crippen LogP contribution in [0, 0.1) is 6.92 Å². The minimum absolute atomic E-state index is 0.00815. The molecule has 0 amide bonds. The lowest BCUT2D eigenvalue weighted by atomic mass is 10.1. The zero-order valence-corrected chi connectivity index (χ0v) is 10.9. The smallest absolute Gasteiger partial charge is 0.356 e. The molecule has 0 aliphatic heterocycles. The van der Waals surface area contributed by atoms with E-state index in [9.17, 15) is 9.90 Å². The monoisotopic (exact) mass is 267 g/mol. The molecule has 0 atom stereocenters. The Morgan fingerprint density at radius 3 is 2.70 bits per heavy atom. The average Bonchev–Trinajstić information content (AvgIpc) is 2.80. The minimum Gasteiger partial charge on any atom is -0.476 e. The molecule has 0 aliphatic carbocycles. The first-order valence-corrected chi connectivity index (χ1v) is 6.15. The van der Waals surface area contributed by atoms with Crippen LogP contribution < -0.4 is 5.73 Å². The quantitative estimate of drug-likeness (QED) is 0.747. The van der Waals surface area contributed by atoms with Crippen molar-refractivity contribution in [3.05, 3.63) is 53.7 Å². The molecule has 0 aliphatic rings. The van der Waals surface area contributed by atoms with Gasteiger partial charge in [0.15, 0.2) is 5.69 Å². The standard InChI is InChI=1S/C15H13N3O2/c1-9-4-2-5-10(8-9)14-17-13(15(19)20)11-6-3-7-12(16)18(11)14/h2-8H,16H2,1H3,(H,19,20). The van der Waals surface area contributed by atoms with Crippen LogP contribution in [-0.4, -0.2) is 20.5 Å². The number of nitrogen functional groups attached to an aromatic ring is 1. The van der Waals surface area contributed by atoms with E-state index in [1.165, 1.54) is 0 Å². The van der Waals surface area contributed by atoms with Gasteiger partial charge in [-0.15, -0.1) is 0 Å². The van der Waals surface area contributed by atoms with Gasteiger partial charge in [-0.3, -0.25) is 4.40 Å². The Morgan fingerprint density at radius 1 is 1.25 bits per heavy atom. The maximum absolute atomic E-state index is 11.3. The van der Waals surface area contributed by atoms with Crippen molar-refractivity contribution in [2.75, 3.05) is 5.73 Å². The lowest BCUT2D eigenvalue weighted by Gasteiger charge is -2.05. The summed E-state index contributed by atoms with van der Waals surface area (Å²) in [6, 6.07) is 12.9. The highest BCUT2D eigenvalue weighted by Gasteiger charge is 2.18. The van der Waals surface area contributed by atoms with Crippen LogP contribution in [0.25, 0.3) is 16.9 Å². The van der Waals surface area contributed by atoms with Gasteiger partial charge in [0, 0.05) is 5.56 Å². The first kappa shape index (κ1) is 12.2. The first-order chi connectivity index (χ1) is 9.58. The van der Waals surface area contributed by atoms with Crippen LogP contribution in [0.5, 0.6) is 0 Å². The number of benzene rings is 1. The van der Waals surface area contributed by atoms with E-state index in [1.807, 2.05) is 31.2 Å². The normalized spacial score (nSPS) is 10.8. The third kappa shape index (κ3) is 1.80. The van der Waals surface area contributed by atoms with Crippen LogP contribution in [0.1, 0.15) is 16.1 Å². The van der Waals surface area contributed by atoms with E-state index in [0.717, 1.165) is 11.1 Å². The summed E-state index contributed by atoms with van der Waals surface area (Å²) >= 11 is 0. The van der Waals surface area contributed by atoms with Crippen molar-refractivity contribution >= 4 is 17.3 Å². The molecule has 3 aromatic rings. The molecule has 100 valence electrons. The second kappa shape index (κ2) is 4.38. The van der Waals surface area contributed by atoms with Gasteiger partial charge in [0.25, 0.3) is 0 Å². The van der Waals surface area contributed by atoms with E-state index in [0.29, 0.717) is 17.2 Å². The third-order valence-electron chi connectivity index (χ3n) is 3.17. The van der Waals surface area contributed by atoms with Crippen molar-refractivity contribution in [2.24, 2.45) is 0 Å². The number of carboxylic acid groups (broad SMARTS) is 1. The number of anilines is 1. The highest BCUT2D eigenvalue weighted by molar-refractivity contribution is 5.95. The summed E-state index contributed by atoms with van der Waals surface area (Å²) in [5.74, 6) is -0.0646. The number of carbonyl (C=O) groups is 1. The van der Waals surface area contributed by atoms with Crippen molar-refractivity contribution in [3.63, 3.8) is 0 Å². The molecule has 1 aromatic carbocycles. The van der Waals surface area contributed by atoms with E-state index in [4.69, 9.17) is 5.73 Å². The Labute approximate surface area is 115 Å². The summed E-state index contributed by atoms with van der Waals surface area (Å²) in [7, 11) is 0. The zero-order chi connectivity index (χ0) is 14.3. The number of aryl methyl sites for hydroxylation is 1. The van der Waals surface area contributed by atoms with Gasteiger partial charge in [0.05, 0.1) is 5.52 Å². The van der Waals surface area contributed by atoms with Crippen molar-refractivity contribution in [1.82, 2.24) is 9.38 Å². The van der Waals surface area contributed by atoms with Crippen molar-refractivity contribution < 1.29 is 9.90 Å². The fourth-order valence-corrected chi connectivity index (χ4v) is 2.30. The maximum Gasteiger partial charge on any atom is 0.356 e. The number of pyridine rings is 1. The minimum atomic E-state index is -1.06. The number of aromatic carboxylic acids is 1. The predicted octanol–water partition coefficient (Wildman–Crippen LogP) is 2.59. The van der Waals surface area contributed by atoms with Crippen LogP contribution in [0.4, 0.5) is 5.82 Å². The molecule has 0 unspecified atom stereocenters. The lowest BCUT2D eigenvalue weighted by Crippen LogP contribution is -1.99. The van der Waals surface area contributed by atoms with Gasteiger partial charge in [-0.25, -0.2) is 9.78 Å². The van der Waals surface area contributed by atoms with E-state index in [-0.39, 0.29) is 5.69 Å². The van der Waals surface area contributed by atoms with E-state index < -0.39 is 5.97 Å². The zero-order valence-electron chi connectivity index (χ0n) is 10.9. The summed E-state index contributed by atoms with van der Waals surface area (Å²) in [6.45, 7) is 1.97. The number of carboxylic acids is 1. The highest BCUT2D eigenvalue weighted by atomic mass is 16.4. The summed E-state index contributed by atoms with van der Waals surface area (Å²) in [6.07, 6.45) is 0. The topological polar surface area (TPSA) is 80.6 Å². The second-order valence-corrected chi connectivity index (χ2v) is 4.63. The number of imidazole rings is 1. The molecule has 3 rings (SSSR count). The summed E-state index contributed by atoms with van der Waals surface area (Å²) in [5, 5.41) is 9.27. The number of hydrogen-bond acceptors (Lipinski definition) is 3. The van der Waals surface area contributed by atoms with E-state index in [1.54, 1.807) is 22.6 Å². The number of nitrogens with zero attached hydrogens (tertiary/aromatic N) is 2. The Kier molecular flexibility index (Phi) is 2.68. The van der Waals surface area contributed by atoms with Gasteiger partial charge in [-0.2, -0.15) is 0 Å². The number of rotatable bonds is 2. The van der Waals surface area contributed by atoms with Crippen molar-refractivity contribution in [3.8, 4) is 11.4 Å². The number of hydrogen-bond donors (Lipinski definition) is 2. The van der Waals surface area contributed by atoms with Crippen LogP contribution in [0.15, 0.2) is 42.5 Å². The molecule has 5 nitrogen and oxygen atoms in total. The van der Waals surface area contributed by atoms with Gasteiger partial charge in [-0.1, -0.05) is 29.8 Å². The lowest BCUT2D eigenvalue weighted by molar-refractivity contribution is 0.0693. The highest BCUT2D eigenvalue weighted by Crippen LogP contribution is 2.26. The van der Waals surface area contributed by atoms with Gasteiger partial charge in [0.1, 0.15) is 11.6 Å². The predicted molar refractivity (Wildman–Crippen MR) is 76.7 cm³/mol. The van der Waals surface area contributed by atoms with Gasteiger partial charge < -0.3 is 10.8 Å². The molecule has 0 radical (unpaired) electrons. The van der Waals surface area contributed by atoms with Gasteiger partial charge >= 0.3 is 5.97 Å². The SMILES string of the molecule is Cc1cccc(-c2nc(C(=O)O)c3cccc(N)n23)c1. The molecule has 2 heterocycles. The Balaban J connectivity index is 2.39. The van der Waals surface area contributed by atoms with Gasteiger partial charge in [0.2, 0.25) is 0 Å². The third-order valence-corrected chi connectivity index (χ3v) is 3.17. The van der Waals surface area contributed by atoms with Crippen LogP contribution in [0.2, 0.25) is 0 Å². The second-order valence-electron chi connectivity index (χ2n) is 4.63. The molecule has 5 heteroatoms. The maximum atomic E-state index is 11.3. The van der Waals surface area contributed by atoms with Crippen molar-refractivity contribution in [1.29, 1.82) is 0 Å². The molecule has 0 saturated heterocycles. The van der Waals surface area contributed by atoms with Crippen molar-refractivity contribution in [2.45, 2.75) is 6.92 Å². The van der Waals surface area contributed by atoms with E-state index in [2.05, 4.69) is 4.98 Å². The molecule has 0 bridgehead atoms. The van der Waals surface area contributed by atoms with Gasteiger partial charge in [-0.05, 0) is 25.1 Å². The summed E-state index contributed by atoms with van der Waals surface area (Å²) in [4.78, 5) is 15.6. The van der Waals surface area contributed by atoms with Crippen LogP contribution in [-0.2, 0) is 0 Å². The molecule has 3 N–H and O–H groups in total.